The fourth-order valence-corrected chi connectivity index (χ4v) is 1.30. The van der Waals surface area contributed by atoms with Crippen molar-refractivity contribution in [2.45, 2.75) is 18.9 Å². The minimum Gasteiger partial charge on any atom is -0.480 e. The van der Waals surface area contributed by atoms with E-state index in [0.717, 1.165) is 5.69 Å². The Morgan fingerprint density at radius 1 is 1.80 bits per heavy atom. The molecule has 0 saturated heterocycles. The monoisotopic (exact) mass is 211 g/mol. The first-order chi connectivity index (χ1) is 7.15. The van der Waals surface area contributed by atoms with E-state index in [9.17, 15) is 9.59 Å². The lowest BCUT2D eigenvalue weighted by Crippen LogP contribution is -2.36. The average Bonchev–Trinajstić information content (AvgIpc) is 2.58. The summed E-state index contributed by atoms with van der Waals surface area (Å²) in [6, 6.07) is 0.984. The number of amides is 1. The van der Waals surface area contributed by atoms with Crippen LogP contribution in [0.2, 0.25) is 0 Å². The normalized spacial score (nSPS) is 12.1. The number of carbonyl (C=O) groups excluding carboxylic acids is 1. The molecule has 0 bridgehead atoms. The van der Waals surface area contributed by atoms with Crippen LogP contribution in [0.15, 0.2) is 12.3 Å². The number of rotatable bonds is 6. The van der Waals surface area contributed by atoms with Gasteiger partial charge in [-0.15, -0.1) is 0 Å². The van der Waals surface area contributed by atoms with Crippen molar-refractivity contribution >= 4 is 12.4 Å². The Kier molecular flexibility index (Phi) is 3.84. The molecule has 0 saturated carbocycles. The number of carbonyl (C=O) groups is 2. The summed E-state index contributed by atoms with van der Waals surface area (Å²) in [5.74, 6) is -1.02. The van der Waals surface area contributed by atoms with Crippen molar-refractivity contribution in [3.63, 3.8) is 0 Å². The summed E-state index contributed by atoms with van der Waals surface area (Å²) in [5.41, 5.74) is 0.939. The smallest absolute Gasteiger partial charge is 0.326 e. The van der Waals surface area contributed by atoms with E-state index in [1.807, 2.05) is 6.07 Å². The molecular formula is C9H13N3O3. The van der Waals surface area contributed by atoms with Crippen LogP contribution in [0.3, 0.4) is 0 Å². The maximum absolute atomic E-state index is 10.7. The van der Waals surface area contributed by atoms with Crippen LogP contribution in [-0.2, 0) is 23.1 Å². The Morgan fingerprint density at radius 3 is 3.00 bits per heavy atom. The van der Waals surface area contributed by atoms with Crippen molar-refractivity contribution < 1.29 is 14.7 Å². The predicted molar refractivity (Wildman–Crippen MR) is 52.2 cm³/mol. The first kappa shape index (κ1) is 11.2. The fourth-order valence-electron chi connectivity index (χ4n) is 1.30. The van der Waals surface area contributed by atoms with Crippen molar-refractivity contribution in [3.05, 3.63) is 18.0 Å². The van der Waals surface area contributed by atoms with E-state index >= 15 is 0 Å². The Balaban J connectivity index is 2.50. The van der Waals surface area contributed by atoms with Gasteiger partial charge in [0.05, 0.1) is 0 Å². The van der Waals surface area contributed by atoms with Gasteiger partial charge >= 0.3 is 5.97 Å². The fraction of sp³-hybridized carbons (Fsp3) is 0.444. The van der Waals surface area contributed by atoms with E-state index in [4.69, 9.17) is 5.11 Å². The van der Waals surface area contributed by atoms with Crippen molar-refractivity contribution in [3.8, 4) is 0 Å². The standard InChI is InChI=1S/C9H13N3O3/c1-12-7(4-5-11-12)2-3-8(9(14)15)10-6-13/h4-6,8H,2-3H2,1H3,(H,10,13)(H,14,15). The third-order valence-corrected chi connectivity index (χ3v) is 2.18. The summed E-state index contributed by atoms with van der Waals surface area (Å²) in [6.45, 7) is 0. The summed E-state index contributed by atoms with van der Waals surface area (Å²) in [4.78, 5) is 20.8. The lowest BCUT2D eigenvalue weighted by molar-refractivity contribution is -0.140. The second kappa shape index (κ2) is 5.14. The lowest BCUT2D eigenvalue weighted by Gasteiger charge is -2.10. The largest absolute Gasteiger partial charge is 0.480 e. The molecule has 0 aliphatic carbocycles. The van der Waals surface area contributed by atoms with Crippen molar-refractivity contribution in [1.82, 2.24) is 15.1 Å². The van der Waals surface area contributed by atoms with Crippen LogP contribution in [0.25, 0.3) is 0 Å². The van der Waals surface area contributed by atoms with E-state index in [-0.39, 0.29) is 0 Å². The third kappa shape index (κ3) is 3.08. The van der Waals surface area contributed by atoms with Gasteiger partial charge in [0.15, 0.2) is 0 Å². The van der Waals surface area contributed by atoms with Crippen LogP contribution in [-0.4, -0.2) is 33.3 Å². The zero-order chi connectivity index (χ0) is 11.3. The van der Waals surface area contributed by atoms with Gasteiger partial charge in [0, 0.05) is 18.9 Å². The van der Waals surface area contributed by atoms with Crippen molar-refractivity contribution in [2.75, 3.05) is 0 Å². The van der Waals surface area contributed by atoms with Crippen LogP contribution in [0.4, 0.5) is 0 Å². The Hall–Kier alpha value is -1.85. The maximum Gasteiger partial charge on any atom is 0.326 e. The Labute approximate surface area is 86.9 Å². The zero-order valence-electron chi connectivity index (χ0n) is 8.38. The highest BCUT2D eigenvalue weighted by Gasteiger charge is 2.16. The van der Waals surface area contributed by atoms with Gasteiger partial charge < -0.3 is 10.4 Å². The van der Waals surface area contributed by atoms with Crippen LogP contribution < -0.4 is 5.32 Å². The molecule has 6 nitrogen and oxygen atoms in total. The molecule has 1 amide bonds. The maximum atomic E-state index is 10.7. The molecule has 0 aliphatic rings. The van der Waals surface area contributed by atoms with Crippen LogP contribution in [0.1, 0.15) is 12.1 Å². The molecule has 1 heterocycles. The van der Waals surface area contributed by atoms with Crippen molar-refractivity contribution in [2.24, 2.45) is 7.05 Å². The molecule has 6 heteroatoms. The van der Waals surface area contributed by atoms with Gasteiger partial charge in [0.2, 0.25) is 6.41 Å². The SMILES string of the molecule is Cn1nccc1CCC(NC=O)C(=O)O. The summed E-state index contributed by atoms with van der Waals surface area (Å²) >= 11 is 0. The highest BCUT2D eigenvalue weighted by atomic mass is 16.4. The number of carboxylic acids is 1. The molecule has 1 aromatic heterocycles. The Bertz CT molecular complexity index is 348. The molecule has 0 spiro atoms. The number of nitrogens with one attached hydrogen (secondary N) is 1. The van der Waals surface area contributed by atoms with E-state index < -0.39 is 12.0 Å². The highest BCUT2D eigenvalue weighted by Crippen LogP contribution is 2.03. The van der Waals surface area contributed by atoms with Gasteiger partial charge in [-0.25, -0.2) is 4.79 Å². The molecule has 0 radical (unpaired) electrons. The molecule has 1 unspecified atom stereocenters. The molecule has 2 N–H and O–H groups in total. The van der Waals surface area contributed by atoms with Gasteiger partial charge in [0.25, 0.3) is 0 Å². The molecule has 15 heavy (non-hydrogen) atoms. The zero-order valence-corrected chi connectivity index (χ0v) is 8.38. The number of aryl methyl sites for hydroxylation is 2. The van der Waals surface area contributed by atoms with E-state index in [1.165, 1.54) is 0 Å². The third-order valence-electron chi connectivity index (χ3n) is 2.18. The van der Waals surface area contributed by atoms with E-state index in [0.29, 0.717) is 19.3 Å². The van der Waals surface area contributed by atoms with Crippen LogP contribution in [0, 0.1) is 0 Å². The molecule has 82 valence electrons. The van der Waals surface area contributed by atoms with Gasteiger partial charge in [-0.05, 0) is 18.9 Å². The highest BCUT2D eigenvalue weighted by molar-refractivity contribution is 5.76. The van der Waals surface area contributed by atoms with Gasteiger partial charge in [0.1, 0.15) is 6.04 Å². The molecule has 0 aliphatic heterocycles. The number of nitrogens with zero attached hydrogens (tertiary/aromatic N) is 2. The number of hydrogen-bond donors (Lipinski definition) is 2. The minimum absolute atomic E-state index is 0.355. The molecule has 1 aromatic rings. The van der Waals surface area contributed by atoms with Crippen molar-refractivity contribution in [1.29, 1.82) is 0 Å². The summed E-state index contributed by atoms with van der Waals surface area (Å²) in [6.07, 6.45) is 2.97. The van der Waals surface area contributed by atoms with Crippen LogP contribution >= 0.6 is 0 Å². The predicted octanol–water partition coefficient (Wildman–Crippen LogP) is -0.448. The Morgan fingerprint density at radius 2 is 2.53 bits per heavy atom. The van der Waals surface area contributed by atoms with Gasteiger partial charge in [-0.3, -0.25) is 9.48 Å². The second-order valence-electron chi connectivity index (χ2n) is 3.16. The summed E-state index contributed by atoms with van der Waals surface area (Å²) < 4.78 is 1.68. The number of aromatic nitrogens is 2. The summed E-state index contributed by atoms with van der Waals surface area (Å²) in [5, 5.41) is 15.0. The quantitative estimate of drug-likeness (QED) is 0.624. The van der Waals surface area contributed by atoms with E-state index in [1.54, 1.807) is 17.9 Å². The first-order valence-electron chi connectivity index (χ1n) is 4.54. The first-order valence-corrected chi connectivity index (χ1v) is 4.54. The lowest BCUT2D eigenvalue weighted by atomic mass is 10.1. The molecule has 0 fully saturated rings. The molecular weight excluding hydrogens is 198 g/mol. The molecule has 1 rings (SSSR count). The average molecular weight is 211 g/mol. The van der Waals surface area contributed by atoms with Gasteiger partial charge in [-0.2, -0.15) is 5.10 Å². The number of hydrogen-bond acceptors (Lipinski definition) is 3. The number of carboxylic acid groups (broad SMARTS) is 1. The molecule has 0 aromatic carbocycles. The van der Waals surface area contributed by atoms with E-state index in [2.05, 4.69) is 10.4 Å². The van der Waals surface area contributed by atoms with Crippen LogP contribution in [0.5, 0.6) is 0 Å². The second-order valence-corrected chi connectivity index (χ2v) is 3.16. The molecule has 1 atom stereocenters. The van der Waals surface area contributed by atoms with Gasteiger partial charge in [-0.1, -0.05) is 0 Å². The summed E-state index contributed by atoms with van der Waals surface area (Å²) in [7, 11) is 1.79. The minimum atomic E-state index is -1.02. The number of aliphatic carboxylic acids is 1. The topological polar surface area (TPSA) is 84.2 Å².